The van der Waals surface area contributed by atoms with E-state index in [4.69, 9.17) is 9.84 Å². The molecule has 0 radical (unpaired) electrons. The number of carboxylic acids is 1. The molecule has 0 aliphatic heterocycles. The van der Waals surface area contributed by atoms with Gasteiger partial charge in [0.2, 0.25) is 0 Å². The summed E-state index contributed by atoms with van der Waals surface area (Å²) in [4.78, 5) is 10.7. The van der Waals surface area contributed by atoms with Crippen molar-refractivity contribution >= 4 is 11.5 Å². The van der Waals surface area contributed by atoms with E-state index in [0.717, 1.165) is 11.6 Å². The van der Waals surface area contributed by atoms with Crippen molar-refractivity contribution < 1.29 is 32.2 Å². The third kappa shape index (κ3) is 7.89. The highest BCUT2D eigenvalue weighted by Gasteiger charge is 2.42. The van der Waals surface area contributed by atoms with Gasteiger partial charge < -0.3 is 9.84 Å². The van der Waals surface area contributed by atoms with E-state index in [2.05, 4.69) is 0 Å². The minimum absolute atomic E-state index is 0.0864. The van der Waals surface area contributed by atoms with Crippen molar-refractivity contribution in [2.75, 3.05) is 6.61 Å². The summed E-state index contributed by atoms with van der Waals surface area (Å²) < 4.78 is 57.7. The number of hydrogen-bond donors (Lipinski definition) is 1. The largest absolute Gasteiger partial charge is 0.486 e. The lowest BCUT2D eigenvalue weighted by atomic mass is 9.89. The summed E-state index contributed by atoms with van der Waals surface area (Å²) in [5.74, 6) is -5.11. The van der Waals surface area contributed by atoms with E-state index < -0.39 is 24.9 Å². The lowest BCUT2D eigenvalue weighted by Crippen LogP contribution is -2.34. The van der Waals surface area contributed by atoms with Crippen LogP contribution in [0.4, 0.5) is 17.6 Å². The molecule has 0 amide bonds. The lowest BCUT2D eigenvalue weighted by molar-refractivity contribution is -0.148. The molecular weight excluding hydrogens is 412 g/mol. The van der Waals surface area contributed by atoms with Gasteiger partial charge in [0.25, 0.3) is 0 Å². The molecule has 0 fully saturated rings. The zero-order valence-corrected chi connectivity index (χ0v) is 18.7. The first-order valence-corrected chi connectivity index (χ1v) is 9.99. The van der Waals surface area contributed by atoms with Crippen LogP contribution in [0.25, 0.3) is 5.57 Å². The first kappa shape index (κ1) is 26.5. The maximum atomic E-state index is 13.5. The molecule has 0 spiro atoms. The van der Waals surface area contributed by atoms with Gasteiger partial charge in [0.15, 0.2) is 6.61 Å². The fraction of sp³-hybridized carbons (Fsp3) is 0.458. The molecule has 0 saturated heterocycles. The molecule has 1 N–H and O–H groups in total. The minimum Gasteiger partial charge on any atom is -0.486 e. The average Bonchev–Trinajstić information content (AvgIpc) is 2.64. The van der Waals surface area contributed by atoms with Crippen LogP contribution in [0.2, 0.25) is 0 Å². The van der Waals surface area contributed by atoms with E-state index in [1.165, 1.54) is 0 Å². The number of aliphatic carboxylic acids is 1. The Balaban J connectivity index is 3.51. The second-order valence-corrected chi connectivity index (χ2v) is 8.08. The lowest BCUT2D eigenvalue weighted by Gasteiger charge is -2.23. The summed E-state index contributed by atoms with van der Waals surface area (Å²) >= 11 is 0. The van der Waals surface area contributed by atoms with Gasteiger partial charge in [-0.15, -0.1) is 0 Å². The molecule has 7 heteroatoms. The van der Waals surface area contributed by atoms with Gasteiger partial charge in [-0.05, 0) is 54.0 Å². The highest BCUT2D eigenvalue weighted by atomic mass is 19.3. The van der Waals surface area contributed by atoms with Gasteiger partial charge in [-0.3, -0.25) is 0 Å². The molecule has 0 aliphatic rings. The summed E-state index contributed by atoms with van der Waals surface area (Å²) in [6.45, 7) is 9.69. The molecule has 0 heterocycles. The first-order valence-electron chi connectivity index (χ1n) is 9.99. The van der Waals surface area contributed by atoms with Crippen LogP contribution in [-0.4, -0.2) is 30.0 Å². The molecule has 0 bridgehead atoms. The molecule has 0 aromatic heterocycles. The van der Waals surface area contributed by atoms with Crippen LogP contribution in [0.15, 0.2) is 42.0 Å². The van der Waals surface area contributed by atoms with Crippen LogP contribution in [0.3, 0.4) is 0 Å². The SMILES string of the molecule is CC(C=CC=C(C)c1cc(C(C)C)cc(C(C)C)c1OCC(F)(F)C(F)F)=CC(=O)O. The number of allylic oxidation sites excluding steroid dienone is 5. The van der Waals surface area contributed by atoms with E-state index in [0.29, 0.717) is 22.3 Å². The maximum Gasteiger partial charge on any atom is 0.340 e. The molecule has 31 heavy (non-hydrogen) atoms. The molecule has 0 unspecified atom stereocenters. The Bertz CT molecular complexity index is 866. The predicted molar refractivity (Wildman–Crippen MR) is 115 cm³/mol. The fourth-order valence-electron chi connectivity index (χ4n) is 2.80. The second kappa shape index (κ2) is 11.2. The summed E-state index contributed by atoms with van der Waals surface area (Å²) in [7, 11) is 0. The van der Waals surface area contributed by atoms with Crippen LogP contribution in [0, 0.1) is 0 Å². The smallest absolute Gasteiger partial charge is 0.340 e. The zero-order chi connectivity index (χ0) is 23.9. The normalized spacial score (nSPS) is 13.7. The van der Waals surface area contributed by atoms with Crippen molar-refractivity contribution in [3.63, 3.8) is 0 Å². The Hall–Kier alpha value is -2.57. The first-order chi connectivity index (χ1) is 14.3. The molecule has 1 rings (SSSR count). The molecule has 172 valence electrons. The van der Waals surface area contributed by atoms with Gasteiger partial charge in [-0.1, -0.05) is 52.0 Å². The minimum atomic E-state index is -4.27. The topological polar surface area (TPSA) is 46.5 Å². The van der Waals surface area contributed by atoms with Gasteiger partial charge in [-0.2, -0.15) is 8.78 Å². The molecule has 0 aliphatic carbocycles. The van der Waals surface area contributed by atoms with Gasteiger partial charge >= 0.3 is 18.3 Å². The van der Waals surface area contributed by atoms with E-state index >= 15 is 0 Å². The van der Waals surface area contributed by atoms with Gasteiger partial charge in [0.1, 0.15) is 5.75 Å². The summed E-state index contributed by atoms with van der Waals surface area (Å²) in [6.07, 6.45) is 2.16. The van der Waals surface area contributed by atoms with Crippen molar-refractivity contribution in [1.29, 1.82) is 0 Å². The quantitative estimate of drug-likeness (QED) is 0.237. The number of ether oxygens (including phenoxy) is 1. The van der Waals surface area contributed by atoms with Gasteiger partial charge in [0, 0.05) is 11.6 Å². The van der Waals surface area contributed by atoms with Crippen molar-refractivity contribution in [2.24, 2.45) is 0 Å². The standard InChI is InChI=1S/C24H30F4O3/c1-14(2)18-11-19(15(3)4)22(31-13-24(27,28)23(25)26)20(12-18)17(6)9-7-8-16(5)10-21(29)30/h7-12,14-15,23H,13H2,1-6H3,(H,29,30). The van der Waals surface area contributed by atoms with Crippen molar-refractivity contribution in [2.45, 2.75) is 65.7 Å². The fourth-order valence-corrected chi connectivity index (χ4v) is 2.80. The number of carbonyl (C=O) groups is 1. The second-order valence-electron chi connectivity index (χ2n) is 8.08. The molecule has 1 aromatic carbocycles. The number of halogens is 4. The molecular formula is C24H30F4O3. The average molecular weight is 442 g/mol. The van der Waals surface area contributed by atoms with E-state index in [1.807, 2.05) is 39.8 Å². The monoisotopic (exact) mass is 442 g/mol. The Morgan fingerprint density at radius 3 is 2.23 bits per heavy atom. The van der Waals surface area contributed by atoms with Crippen molar-refractivity contribution in [3.05, 3.63) is 58.7 Å². The van der Waals surface area contributed by atoms with Crippen LogP contribution in [0.1, 0.15) is 70.1 Å². The van der Waals surface area contributed by atoms with Crippen LogP contribution >= 0.6 is 0 Å². The van der Waals surface area contributed by atoms with E-state index in [9.17, 15) is 22.4 Å². The van der Waals surface area contributed by atoms with Crippen molar-refractivity contribution in [1.82, 2.24) is 0 Å². The summed E-state index contributed by atoms with van der Waals surface area (Å²) in [5.41, 5.74) is 3.34. The summed E-state index contributed by atoms with van der Waals surface area (Å²) in [6, 6.07) is 3.67. The molecule has 3 nitrogen and oxygen atoms in total. The zero-order valence-electron chi connectivity index (χ0n) is 18.7. The van der Waals surface area contributed by atoms with E-state index in [1.54, 1.807) is 32.1 Å². The number of benzene rings is 1. The highest BCUT2D eigenvalue weighted by molar-refractivity contribution is 5.81. The van der Waals surface area contributed by atoms with Gasteiger partial charge in [-0.25, -0.2) is 13.6 Å². The Labute approximate surface area is 181 Å². The third-order valence-corrected chi connectivity index (χ3v) is 4.64. The highest BCUT2D eigenvalue weighted by Crippen LogP contribution is 2.38. The Kier molecular flexibility index (Phi) is 9.53. The van der Waals surface area contributed by atoms with Crippen LogP contribution in [0.5, 0.6) is 5.75 Å². The Morgan fingerprint density at radius 1 is 1.13 bits per heavy atom. The number of carboxylic acid groups (broad SMARTS) is 1. The number of hydrogen-bond acceptors (Lipinski definition) is 2. The summed E-state index contributed by atoms with van der Waals surface area (Å²) in [5, 5.41) is 8.78. The predicted octanol–water partition coefficient (Wildman–Crippen LogP) is 7.20. The number of alkyl halides is 4. The Morgan fingerprint density at radius 2 is 1.74 bits per heavy atom. The van der Waals surface area contributed by atoms with Crippen molar-refractivity contribution in [3.8, 4) is 5.75 Å². The number of rotatable bonds is 10. The van der Waals surface area contributed by atoms with E-state index in [-0.39, 0.29) is 17.6 Å². The maximum absolute atomic E-state index is 13.5. The molecule has 0 saturated carbocycles. The van der Waals surface area contributed by atoms with Crippen LogP contribution in [-0.2, 0) is 4.79 Å². The molecule has 1 aromatic rings. The third-order valence-electron chi connectivity index (χ3n) is 4.64. The van der Waals surface area contributed by atoms with Crippen LogP contribution < -0.4 is 4.74 Å². The molecule has 0 atom stereocenters. The van der Waals surface area contributed by atoms with Gasteiger partial charge in [0.05, 0.1) is 0 Å².